The standard InChI is InChI=1S/C13H14ClNO3/c14-10-6-2-1-5-9(10)13(18-12(15)17)8-4-3-7-11(13)16/h1-2,5-6H,3-4,7-8H2,(H2,15,17)/t13-/m1/s1. The molecule has 0 spiro atoms. The third-order valence-corrected chi connectivity index (χ3v) is 3.55. The molecule has 1 fully saturated rings. The number of carbonyl (C=O) groups excluding carboxylic acids is 2. The van der Waals surface area contributed by atoms with Crippen molar-refractivity contribution in [1.29, 1.82) is 0 Å². The van der Waals surface area contributed by atoms with E-state index in [1.165, 1.54) is 0 Å². The number of nitrogens with two attached hydrogens (primary N) is 1. The molecule has 0 heterocycles. The lowest BCUT2D eigenvalue weighted by molar-refractivity contribution is -0.142. The van der Waals surface area contributed by atoms with Gasteiger partial charge in [-0.05, 0) is 25.3 Å². The van der Waals surface area contributed by atoms with Gasteiger partial charge in [0.25, 0.3) is 0 Å². The molecule has 4 nitrogen and oxygen atoms in total. The van der Waals surface area contributed by atoms with Crippen LogP contribution in [0.5, 0.6) is 0 Å². The SMILES string of the molecule is NC(=O)O[C@@]1(c2ccccc2Cl)CCCCC1=O. The number of halogens is 1. The summed E-state index contributed by atoms with van der Waals surface area (Å²) in [4.78, 5) is 23.3. The van der Waals surface area contributed by atoms with E-state index in [2.05, 4.69) is 0 Å². The Kier molecular flexibility index (Phi) is 3.57. The van der Waals surface area contributed by atoms with Crippen molar-refractivity contribution < 1.29 is 14.3 Å². The average molecular weight is 268 g/mol. The second kappa shape index (κ2) is 4.98. The first-order valence-corrected chi connectivity index (χ1v) is 6.21. The Morgan fingerprint density at radius 3 is 2.67 bits per heavy atom. The molecule has 1 atom stereocenters. The lowest BCUT2D eigenvalue weighted by atomic mass is 9.78. The average Bonchev–Trinajstić information content (AvgIpc) is 2.32. The minimum atomic E-state index is -1.30. The van der Waals surface area contributed by atoms with Crippen LogP contribution in [0.15, 0.2) is 24.3 Å². The number of rotatable bonds is 2. The van der Waals surface area contributed by atoms with Gasteiger partial charge in [0, 0.05) is 17.0 Å². The van der Waals surface area contributed by atoms with Crippen molar-refractivity contribution in [2.75, 3.05) is 0 Å². The van der Waals surface area contributed by atoms with E-state index in [4.69, 9.17) is 22.1 Å². The van der Waals surface area contributed by atoms with Crippen LogP contribution in [-0.2, 0) is 15.1 Å². The molecular formula is C13H14ClNO3. The summed E-state index contributed by atoms with van der Waals surface area (Å²) in [6.45, 7) is 0. The second-order valence-corrected chi connectivity index (χ2v) is 4.77. The first kappa shape index (κ1) is 12.9. The summed E-state index contributed by atoms with van der Waals surface area (Å²) in [7, 11) is 0. The number of hydrogen-bond donors (Lipinski definition) is 1. The number of ether oxygens (including phenoxy) is 1. The third-order valence-electron chi connectivity index (χ3n) is 3.22. The molecule has 2 N–H and O–H groups in total. The summed E-state index contributed by atoms with van der Waals surface area (Å²) in [6.07, 6.45) is 1.44. The highest BCUT2D eigenvalue weighted by Gasteiger charge is 2.46. The van der Waals surface area contributed by atoms with Crippen molar-refractivity contribution in [2.45, 2.75) is 31.3 Å². The molecule has 1 saturated carbocycles. The molecule has 18 heavy (non-hydrogen) atoms. The van der Waals surface area contributed by atoms with Gasteiger partial charge < -0.3 is 10.5 Å². The van der Waals surface area contributed by atoms with Crippen LogP contribution in [0.3, 0.4) is 0 Å². The Balaban J connectivity index is 2.51. The van der Waals surface area contributed by atoms with Crippen molar-refractivity contribution in [3.05, 3.63) is 34.9 Å². The van der Waals surface area contributed by atoms with Gasteiger partial charge in [-0.2, -0.15) is 0 Å². The summed E-state index contributed by atoms with van der Waals surface area (Å²) < 4.78 is 5.16. The van der Waals surface area contributed by atoms with Gasteiger partial charge >= 0.3 is 6.09 Å². The predicted octanol–water partition coefficient (Wildman–Crippen LogP) is 2.77. The first-order chi connectivity index (χ1) is 8.56. The van der Waals surface area contributed by atoms with Gasteiger partial charge in [-0.1, -0.05) is 29.8 Å². The molecule has 0 aromatic heterocycles. The highest BCUT2D eigenvalue weighted by Crippen LogP contribution is 2.40. The predicted molar refractivity (Wildman–Crippen MR) is 67.3 cm³/mol. The number of hydrogen-bond acceptors (Lipinski definition) is 3. The molecular weight excluding hydrogens is 254 g/mol. The summed E-state index contributed by atoms with van der Waals surface area (Å²) in [5.41, 5.74) is 4.32. The number of benzene rings is 1. The Bertz CT molecular complexity index is 489. The molecule has 0 unspecified atom stereocenters. The van der Waals surface area contributed by atoms with Crippen molar-refractivity contribution >= 4 is 23.5 Å². The highest BCUT2D eigenvalue weighted by molar-refractivity contribution is 6.31. The molecule has 0 aliphatic heterocycles. The fourth-order valence-corrected chi connectivity index (χ4v) is 2.70. The van der Waals surface area contributed by atoms with Gasteiger partial charge in [0.05, 0.1) is 0 Å². The second-order valence-electron chi connectivity index (χ2n) is 4.36. The first-order valence-electron chi connectivity index (χ1n) is 5.83. The van der Waals surface area contributed by atoms with Crippen LogP contribution in [0.2, 0.25) is 5.02 Å². The van der Waals surface area contributed by atoms with Gasteiger partial charge in [0.15, 0.2) is 11.4 Å². The van der Waals surface area contributed by atoms with Gasteiger partial charge in [0.2, 0.25) is 0 Å². The molecule has 5 heteroatoms. The van der Waals surface area contributed by atoms with Gasteiger partial charge in [0.1, 0.15) is 0 Å². The number of ketones is 1. The lowest BCUT2D eigenvalue weighted by Gasteiger charge is -2.35. The molecule has 1 aromatic rings. The van der Waals surface area contributed by atoms with Crippen molar-refractivity contribution in [3.8, 4) is 0 Å². The monoisotopic (exact) mass is 267 g/mol. The number of amides is 1. The zero-order chi connectivity index (χ0) is 13.2. The molecule has 96 valence electrons. The van der Waals surface area contributed by atoms with Crippen LogP contribution < -0.4 is 5.73 Å². The molecule has 0 saturated heterocycles. The minimum absolute atomic E-state index is 0.138. The van der Waals surface area contributed by atoms with E-state index in [0.29, 0.717) is 23.4 Å². The van der Waals surface area contributed by atoms with E-state index in [9.17, 15) is 9.59 Å². The van der Waals surface area contributed by atoms with E-state index in [-0.39, 0.29) is 5.78 Å². The molecule has 1 aliphatic carbocycles. The molecule has 1 amide bonds. The minimum Gasteiger partial charge on any atom is -0.430 e. The molecule has 0 bridgehead atoms. The Morgan fingerprint density at radius 1 is 1.33 bits per heavy atom. The molecule has 1 aliphatic rings. The topological polar surface area (TPSA) is 69.4 Å². The summed E-state index contributed by atoms with van der Waals surface area (Å²) >= 11 is 6.11. The van der Waals surface area contributed by atoms with E-state index in [1.807, 2.05) is 0 Å². The van der Waals surface area contributed by atoms with E-state index in [0.717, 1.165) is 12.8 Å². The third kappa shape index (κ3) is 2.20. The van der Waals surface area contributed by atoms with Crippen LogP contribution >= 0.6 is 11.6 Å². The van der Waals surface area contributed by atoms with Crippen LogP contribution in [0.1, 0.15) is 31.2 Å². The zero-order valence-corrected chi connectivity index (χ0v) is 10.6. The smallest absolute Gasteiger partial charge is 0.405 e. The largest absolute Gasteiger partial charge is 0.430 e. The number of primary amides is 1. The van der Waals surface area contributed by atoms with Gasteiger partial charge in [-0.3, -0.25) is 4.79 Å². The number of carbonyl (C=O) groups is 2. The van der Waals surface area contributed by atoms with E-state index in [1.54, 1.807) is 24.3 Å². The van der Waals surface area contributed by atoms with Crippen LogP contribution in [0.25, 0.3) is 0 Å². The number of Topliss-reactive ketones (excluding diaryl/α,β-unsaturated/α-hetero) is 1. The Hall–Kier alpha value is -1.55. The fraction of sp³-hybridized carbons (Fsp3) is 0.385. The summed E-state index contributed by atoms with van der Waals surface area (Å²) in [5, 5.41) is 0.411. The van der Waals surface area contributed by atoms with E-state index >= 15 is 0 Å². The maximum atomic E-state index is 12.2. The Morgan fingerprint density at radius 2 is 2.06 bits per heavy atom. The van der Waals surface area contributed by atoms with Crippen molar-refractivity contribution in [1.82, 2.24) is 0 Å². The van der Waals surface area contributed by atoms with Crippen LogP contribution in [0.4, 0.5) is 4.79 Å². The van der Waals surface area contributed by atoms with Gasteiger partial charge in [-0.25, -0.2) is 4.79 Å². The molecule has 2 rings (SSSR count). The summed E-state index contributed by atoms with van der Waals surface area (Å²) in [6, 6.07) is 6.89. The van der Waals surface area contributed by atoms with Crippen molar-refractivity contribution in [3.63, 3.8) is 0 Å². The lowest BCUT2D eigenvalue weighted by Crippen LogP contribution is -2.44. The quantitative estimate of drug-likeness (QED) is 0.896. The van der Waals surface area contributed by atoms with Crippen LogP contribution in [-0.4, -0.2) is 11.9 Å². The van der Waals surface area contributed by atoms with Gasteiger partial charge in [-0.15, -0.1) is 0 Å². The Labute approximate surface area is 110 Å². The van der Waals surface area contributed by atoms with Crippen LogP contribution in [0, 0.1) is 0 Å². The van der Waals surface area contributed by atoms with Crippen molar-refractivity contribution in [2.24, 2.45) is 5.73 Å². The molecule has 0 radical (unpaired) electrons. The zero-order valence-electron chi connectivity index (χ0n) is 9.82. The maximum Gasteiger partial charge on any atom is 0.405 e. The normalized spacial score (nSPS) is 23.7. The molecule has 1 aromatic carbocycles. The van der Waals surface area contributed by atoms with E-state index < -0.39 is 11.7 Å². The fourth-order valence-electron chi connectivity index (χ4n) is 2.41. The highest BCUT2D eigenvalue weighted by atomic mass is 35.5. The maximum absolute atomic E-state index is 12.2. The summed E-state index contributed by atoms with van der Waals surface area (Å²) in [5.74, 6) is -0.138.